The quantitative estimate of drug-likeness (QED) is 0.736. The summed E-state index contributed by atoms with van der Waals surface area (Å²) in [5, 5.41) is 9.01. The molecule has 0 spiro atoms. The first-order valence-electron chi connectivity index (χ1n) is 4.52. The number of benzene rings is 1. The summed E-state index contributed by atoms with van der Waals surface area (Å²) < 4.78 is 0.805. The highest BCUT2D eigenvalue weighted by molar-refractivity contribution is 9.10. The number of aromatic nitrogens is 2. The molecule has 0 bridgehead atoms. The molecule has 0 aliphatic rings. The number of nitrogen functional groups attached to an aromatic ring is 1. The minimum absolute atomic E-state index is 0.264. The van der Waals surface area contributed by atoms with Crippen LogP contribution in [-0.2, 0) is 0 Å². The first kappa shape index (κ1) is 10.7. The topological polar surface area (TPSA) is 83.8 Å². The fraction of sp³-hybridized carbons (Fsp3) is 0. The number of nitrogens with one attached hydrogen (secondary N) is 2. The van der Waals surface area contributed by atoms with Crippen LogP contribution in [0.3, 0.4) is 0 Å². The number of hydrogen-bond donors (Lipinski definition) is 3. The summed E-state index contributed by atoms with van der Waals surface area (Å²) in [7, 11) is 0. The second-order valence-electron chi connectivity index (χ2n) is 3.17. The van der Waals surface area contributed by atoms with E-state index in [4.69, 9.17) is 5.73 Å². The summed E-state index contributed by atoms with van der Waals surface area (Å²) in [5.41, 5.74) is 7.18. The molecule has 0 radical (unpaired) electrons. The average Bonchev–Trinajstić information content (AvgIpc) is 2.74. The Balaban J connectivity index is 2.24. The molecule has 0 saturated carbocycles. The Kier molecular flexibility index (Phi) is 2.91. The molecule has 0 saturated heterocycles. The van der Waals surface area contributed by atoms with Crippen molar-refractivity contribution in [3.63, 3.8) is 0 Å². The van der Waals surface area contributed by atoms with Gasteiger partial charge >= 0.3 is 0 Å². The SMILES string of the molecule is Nc1ccc(Br)cc1C(=O)Nc1cn[nH]c1. The molecular formula is C10H9BrN4O. The lowest BCUT2D eigenvalue weighted by molar-refractivity contribution is 0.102. The second-order valence-corrected chi connectivity index (χ2v) is 4.09. The van der Waals surface area contributed by atoms with Crippen LogP contribution in [0.1, 0.15) is 10.4 Å². The van der Waals surface area contributed by atoms with E-state index in [-0.39, 0.29) is 5.91 Å². The number of nitrogens with two attached hydrogens (primary N) is 1. The number of carbonyl (C=O) groups is 1. The molecule has 82 valence electrons. The Morgan fingerprint density at radius 1 is 1.50 bits per heavy atom. The maximum Gasteiger partial charge on any atom is 0.257 e. The van der Waals surface area contributed by atoms with Crippen molar-refractivity contribution in [2.75, 3.05) is 11.1 Å². The predicted octanol–water partition coefficient (Wildman–Crippen LogP) is 2.01. The first-order chi connectivity index (χ1) is 7.66. The molecule has 0 aliphatic carbocycles. The lowest BCUT2D eigenvalue weighted by Crippen LogP contribution is -2.13. The molecule has 4 N–H and O–H groups in total. The molecule has 2 aromatic rings. The maximum absolute atomic E-state index is 11.8. The lowest BCUT2D eigenvalue weighted by Gasteiger charge is -2.05. The van der Waals surface area contributed by atoms with Gasteiger partial charge in [0.05, 0.1) is 17.4 Å². The van der Waals surface area contributed by atoms with Crippen LogP contribution in [0.15, 0.2) is 35.1 Å². The van der Waals surface area contributed by atoms with Crippen molar-refractivity contribution in [1.29, 1.82) is 0 Å². The van der Waals surface area contributed by atoms with Crippen LogP contribution in [0.4, 0.5) is 11.4 Å². The number of anilines is 2. The van der Waals surface area contributed by atoms with Crippen molar-refractivity contribution in [3.8, 4) is 0 Å². The molecule has 0 aliphatic heterocycles. The zero-order chi connectivity index (χ0) is 11.5. The summed E-state index contributed by atoms with van der Waals surface area (Å²) in [6, 6.07) is 5.13. The Morgan fingerprint density at radius 2 is 2.31 bits per heavy atom. The normalized spacial score (nSPS) is 10.1. The fourth-order valence-corrected chi connectivity index (χ4v) is 1.60. The van der Waals surface area contributed by atoms with Gasteiger partial charge in [0.15, 0.2) is 0 Å². The van der Waals surface area contributed by atoms with E-state index in [1.165, 1.54) is 6.20 Å². The second kappa shape index (κ2) is 4.36. The van der Waals surface area contributed by atoms with Gasteiger partial charge in [0.25, 0.3) is 5.91 Å². The number of carbonyl (C=O) groups excluding carboxylic acids is 1. The molecule has 0 fully saturated rings. The summed E-state index contributed by atoms with van der Waals surface area (Å²) in [5.74, 6) is -0.264. The van der Waals surface area contributed by atoms with Crippen LogP contribution >= 0.6 is 15.9 Å². The van der Waals surface area contributed by atoms with Gasteiger partial charge in [-0.2, -0.15) is 5.10 Å². The molecule has 1 aromatic carbocycles. The van der Waals surface area contributed by atoms with E-state index in [9.17, 15) is 4.79 Å². The molecule has 0 unspecified atom stereocenters. The third kappa shape index (κ3) is 2.22. The van der Waals surface area contributed by atoms with Crippen LogP contribution in [0.5, 0.6) is 0 Å². The molecule has 1 heterocycles. The van der Waals surface area contributed by atoms with Crippen molar-refractivity contribution in [3.05, 3.63) is 40.6 Å². The Morgan fingerprint density at radius 3 is 3.00 bits per heavy atom. The Labute approximate surface area is 100 Å². The molecule has 16 heavy (non-hydrogen) atoms. The Bertz CT molecular complexity index is 510. The van der Waals surface area contributed by atoms with Crippen molar-refractivity contribution in [2.45, 2.75) is 0 Å². The van der Waals surface area contributed by atoms with Gasteiger partial charge in [0, 0.05) is 16.4 Å². The van der Waals surface area contributed by atoms with E-state index >= 15 is 0 Å². The van der Waals surface area contributed by atoms with E-state index in [0.29, 0.717) is 16.9 Å². The minimum atomic E-state index is -0.264. The molecule has 1 amide bonds. The van der Waals surface area contributed by atoms with E-state index in [2.05, 4.69) is 31.4 Å². The van der Waals surface area contributed by atoms with Crippen LogP contribution in [0, 0.1) is 0 Å². The van der Waals surface area contributed by atoms with Gasteiger partial charge in [0.1, 0.15) is 0 Å². The summed E-state index contributed by atoms with van der Waals surface area (Å²) in [6.07, 6.45) is 3.11. The zero-order valence-electron chi connectivity index (χ0n) is 8.20. The van der Waals surface area contributed by atoms with Crippen molar-refractivity contribution >= 4 is 33.2 Å². The average molecular weight is 281 g/mol. The summed E-state index contributed by atoms with van der Waals surface area (Å²) in [6.45, 7) is 0. The van der Waals surface area contributed by atoms with Gasteiger partial charge < -0.3 is 11.1 Å². The maximum atomic E-state index is 11.8. The number of aromatic amines is 1. The molecule has 5 nitrogen and oxygen atoms in total. The van der Waals surface area contributed by atoms with Gasteiger partial charge in [-0.1, -0.05) is 15.9 Å². The van der Waals surface area contributed by atoms with E-state index in [1.807, 2.05) is 0 Å². The molecule has 1 aromatic heterocycles. The highest BCUT2D eigenvalue weighted by Gasteiger charge is 2.10. The van der Waals surface area contributed by atoms with Crippen LogP contribution in [0.25, 0.3) is 0 Å². The third-order valence-corrected chi connectivity index (χ3v) is 2.51. The number of amides is 1. The largest absolute Gasteiger partial charge is 0.398 e. The van der Waals surface area contributed by atoms with Gasteiger partial charge in [-0.25, -0.2) is 0 Å². The first-order valence-corrected chi connectivity index (χ1v) is 5.31. The van der Waals surface area contributed by atoms with E-state index in [0.717, 1.165) is 4.47 Å². The van der Waals surface area contributed by atoms with Crippen molar-refractivity contribution in [2.24, 2.45) is 0 Å². The van der Waals surface area contributed by atoms with Crippen molar-refractivity contribution < 1.29 is 4.79 Å². The van der Waals surface area contributed by atoms with E-state index in [1.54, 1.807) is 24.4 Å². The van der Waals surface area contributed by atoms with Gasteiger partial charge in [0.2, 0.25) is 0 Å². The van der Waals surface area contributed by atoms with Gasteiger partial charge in [-0.15, -0.1) is 0 Å². The van der Waals surface area contributed by atoms with Crippen LogP contribution in [0.2, 0.25) is 0 Å². The molecular weight excluding hydrogens is 272 g/mol. The molecule has 6 heteroatoms. The summed E-state index contributed by atoms with van der Waals surface area (Å²) in [4.78, 5) is 11.8. The van der Waals surface area contributed by atoms with E-state index < -0.39 is 0 Å². The number of H-pyrrole nitrogens is 1. The van der Waals surface area contributed by atoms with Gasteiger partial charge in [-0.05, 0) is 18.2 Å². The number of hydrogen-bond acceptors (Lipinski definition) is 3. The minimum Gasteiger partial charge on any atom is -0.398 e. The van der Waals surface area contributed by atoms with Crippen LogP contribution in [-0.4, -0.2) is 16.1 Å². The summed E-state index contributed by atoms with van der Waals surface area (Å²) >= 11 is 3.29. The molecule has 0 atom stereocenters. The molecule has 2 rings (SSSR count). The monoisotopic (exact) mass is 280 g/mol. The highest BCUT2D eigenvalue weighted by Crippen LogP contribution is 2.19. The Hall–Kier alpha value is -1.82. The fourth-order valence-electron chi connectivity index (χ4n) is 1.24. The predicted molar refractivity (Wildman–Crippen MR) is 65.1 cm³/mol. The standard InChI is InChI=1S/C10H9BrN4O/c11-6-1-2-9(12)8(3-6)10(16)15-7-4-13-14-5-7/h1-5H,12H2,(H,13,14)(H,15,16). The zero-order valence-corrected chi connectivity index (χ0v) is 9.78. The van der Waals surface area contributed by atoms with Crippen LogP contribution < -0.4 is 11.1 Å². The number of nitrogens with zero attached hydrogens (tertiary/aromatic N) is 1. The lowest BCUT2D eigenvalue weighted by atomic mass is 10.1. The highest BCUT2D eigenvalue weighted by atomic mass is 79.9. The number of rotatable bonds is 2. The third-order valence-electron chi connectivity index (χ3n) is 2.02. The van der Waals surface area contributed by atoms with Crippen molar-refractivity contribution in [1.82, 2.24) is 10.2 Å². The van der Waals surface area contributed by atoms with Gasteiger partial charge in [-0.3, -0.25) is 9.89 Å². The number of halogens is 1. The smallest absolute Gasteiger partial charge is 0.257 e.